The van der Waals surface area contributed by atoms with E-state index in [0.29, 0.717) is 0 Å². The van der Waals surface area contributed by atoms with Crippen molar-refractivity contribution < 1.29 is 22.0 Å². The van der Waals surface area contributed by atoms with Gasteiger partial charge in [0.05, 0.1) is 11.6 Å². The van der Waals surface area contributed by atoms with Gasteiger partial charge in [-0.1, -0.05) is 12.2 Å². The highest BCUT2D eigenvalue weighted by Gasteiger charge is 2.26. The van der Waals surface area contributed by atoms with Crippen LogP contribution in [0.15, 0.2) is 0 Å². The fourth-order valence-electron chi connectivity index (χ4n) is 0.821. The van der Waals surface area contributed by atoms with Gasteiger partial charge in [0.1, 0.15) is 4.99 Å². The first-order chi connectivity index (χ1) is 7.79. The number of halogens is 5. The summed E-state index contributed by atoms with van der Waals surface area (Å²) in [7, 11) is 0. The van der Waals surface area contributed by atoms with E-state index in [9.17, 15) is 22.0 Å². The maximum atomic E-state index is 12.8. The van der Waals surface area contributed by atoms with Crippen LogP contribution in [0.1, 0.15) is 12.5 Å². The van der Waals surface area contributed by atoms with Crippen molar-refractivity contribution in [3.8, 4) is 6.07 Å². The molecule has 1 aromatic carbocycles. The molecule has 1 aromatic rings. The number of hydrogen-bond acceptors (Lipinski definition) is 2. The Morgan fingerprint density at radius 2 is 1.24 bits per heavy atom. The van der Waals surface area contributed by atoms with Crippen molar-refractivity contribution in [3.63, 3.8) is 0 Å². The van der Waals surface area contributed by atoms with E-state index in [1.807, 2.05) is 0 Å². The summed E-state index contributed by atoms with van der Waals surface area (Å²) in [6, 6.07) is 1.75. The molecule has 0 unspecified atom stereocenters. The average Bonchev–Trinajstić information content (AvgIpc) is 2.24. The van der Waals surface area contributed by atoms with Gasteiger partial charge in [0.15, 0.2) is 23.3 Å². The molecule has 0 saturated carbocycles. The Morgan fingerprint density at radius 3 is 1.47 bits per heavy atom. The SMILES string of the molecule is CC#N.NC(=S)c1c(F)c(F)c(F)c(F)c1F. The summed E-state index contributed by atoms with van der Waals surface area (Å²) in [5, 5.41) is 7.32. The first kappa shape index (κ1) is 15.2. The summed E-state index contributed by atoms with van der Waals surface area (Å²) < 4.78 is 63.0. The van der Waals surface area contributed by atoms with Gasteiger partial charge in [-0.2, -0.15) is 5.26 Å². The predicted molar refractivity (Wildman–Crippen MR) is 53.4 cm³/mol. The number of hydrogen-bond donors (Lipinski definition) is 1. The maximum absolute atomic E-state index is 12.8. The minimum Gasteiger partial charge on any atom is -0.389 e. The number of rotatable bonds is 1. The van der Waals surface area contributed by atoms with Crippen LogP contribution >= 0.6 is 12.2 Å². The number of nitrogens with zero attached hydrogens (tertiary/aromatic N) is 1. The summed E-state index contributed by atoms with van der Waals surface area (Å²) in [5.41, 5.74) is 3.53. The number of thiocarbonyl (C=S) groups is 1. The van der Waals surface area contributed by atoms with E-state index >= 15 is 0 Å². The van der Waals surface area contributed by atoms with Crippen molar-refractivity contribution in [3.05, 3.63) is 34.6 Å². The molecule has 0 aliphatic heterocycles. The van der Waals surface area contributed by atoms with Crippen LogP contribution in [-0.4, -0.2) is 4.99 Å². The van der Waals surface area contributed by atoms with Crippen LogP contribution in [0.25, 0.3) is 0 Å². The van der Waals surface area contributed by atoms with E-state index in [1.54, 1.807) is 6.07 Å². The second-order valence-corrected chi connectivity index (χ2v) is 2.97. The molecule has 17 heavy (non-hydrogen) atoms. The van der Waals surface area contributed by atoms with Gasteiger partial charge in [0, 0.05) is 6.92 Å². The lowest BCUT2D eigenvalue weighted by Gasteiger charge is -2.05. The lowest BCUT2D eigenvalue weighted by atomic mass is 10.1. The third-order valence-corrected chi connectivity index (χ3v) is 1.66. The Kier molecular flexibility index (Phi) is 5.47. The smallest absolute Gasteiger partial charge is 0.200 e. The number of nitrogens with two attached hydrogens (primary N) is 1. The molecule has 0 bridgehead atoms. The quantitative estimate of drug-likeness (QED) is 0.368. The number of benzene rings is 1. The molecule has 0 saturated heterocycles. The minimum absolute atomic E-state index is 0.891. The molecule has 0 fully saturated rings. The summed E-state index contributed by atoms with van der Waals surface area (Å²) in [5.74, 6) is -10.4. The summed E-state index contributed by atoms with van der Waals surface area (Å²) in [6.45, 7) is 1.43. The normalized spacial score (nSPS) is 9.00. The molecule has 1 rings (SSSR count). The van der Waals surface area contributed by atoms with Crippen LogP contribution in [0.4, 0.5) is 22.0 Å². The van der Waals surface area contributed by atoms with E-state index in [1.165, 1.54) is 6.92 Å². The molecular formula is C9H5F5N2S. The largest absolute Gasteiger partial charge is 0.389 e. The zero-order valence-electron chi connectivity index (χ0n) is 8.32. The molecule has 0 spiro atoms. The van der Waals surface area contributed by atoms with Crippen LogP contribution in [0.3, 0.4) is 0 Å². The molecule has 0 aliphatic rings. The molecule has 0 aromatic heterocycles. The molecule has 0 radical (unpaired) electrons. The van der Waals surface area contributed by atoms with Crippen LogP contribution in [0, 0.1) is 40.4 Å². The van der Waals surface area contributed by atoms with Gasteiger partial charge in [-0.3, -0.25) is 0 Å². The van der Waals surface area contributed by atoms with Crippen molar-refractivity contribution in [2.24, 2.45) is 5.73 Å². The highest BCUT2D eigenvalue weighted by atomic mass is 32.1. The minimum atomic E-state index is -2.24. The molecule has 0 amide bonds. The van der Waals surface area contributed by atoms with E-state index in [4.69, 9.17) is 11.0 Å². The van der Waals surface area contributed by atoms with Crippen molar-refractivity contribution in [2.45, 2.75) is 6.92 Å². The number of nitriles is 1. The molecule has 2 nitrogen and oxygen atoms in total. The Balaban J connectivity index is 0.000000770. The Hall–Kier alpha value is -1.75. The van der Waals surface area contributed by atoms with E-state index in [2.05, 4.69) is 12.2 Å². The molecule has 0 atom stereocenters. The van der Waals surface area contributed by atoms with E-state index in [0.717, 1.165) is 0 Å². The van der Waals surface area contributed by atoms with Crippen molar-refractivity contribution in [1.82, 2.24) is 0 Å². The molecule has 2 N–H and O–H groups in total. The molecule has 92 valence electrons. The standard InChI is InChI=1S/C7H2F5NS.C2H3N/c8-2-1(7(13)14)3(9)5(11)6(12)4(2)10;1-2-3/h(H2,13,14);1H3. The molecule has 0 heterocycles. The lowest BCUT2D eigenvalue weighted by molar-refractivity contribution is 0.377. The monoisotopic (exact) mass is 268 g/mol. The fraction of sp³-hybridized carbons (Fsp3) is 0.111. The lowest BCUT2D eigenvalue weighted by Crippen LogP contribution is -2.18. The highest BCUT2D eigenvalue weighted by molar-refractivity contribution is 7.80. The van der Waals surface area contributed by atoms with Crippen LogP contribution in [-0.2, 0) is 0 Å². The maximum Gasteiger partial charge on any atom is 0.200 e. The van der Waals surface area contributed by atoms with Gasteiger partial charge in [0.25, 0.3) is 0 Å². The molecule has 0 aliphatic carbocycles. The van der Waals surface area contributed by atoms with E-state index < -0.39 is 39.6 Å². The van der Waals surface area contributed by atoms with Gasteiger partial charge in [0.2, 0.25) is 5.82 Å². The molecular weight excluding hydrogens is 263 g/mol. The average molecular weight is 268 g/mol. The van der Waals surface area contributed by atoms with Crippen molar-refractivity contribution in [2.75, 3.05) is 0 Å². The predicted octanol–water partition coefficient (Wildman–Crippen LogP) is 2.55. The first-order valence-electron chi connectivity index (χ1n) is 3.91. The van der Waals surface area contributed by atoms with Gasteiger partial charge in [-0.25, -0.2) is 22.0 Å². The van der Waals surface area contributed by atoms with E-state index in [-0.39, 0.29) is 0 Å². The van der Waals surface area contributed by atoms with Gasteiger partial charge >= 0.3 is 0 Å². The zero-order valence-corrected chi connectivity index (χ0v) is 9.14. The third-order valence-electron chi connectivity index (χ3n) is 1.46. The Bertz CT molecular complexity index is 466. The highest BCUT2D eigenvalue weighted by Crippen LogP contribution is 2.22. The summed E-state index contributed by atoms with van der Waals surface area (Å²) in [6.07, 6.45) is 0. The summed E-state index contributed by atoms with van der Waals surface area (Å²) >= 11 is 4.14. The summed E-state index contributed by atoms with van der Waals surface area (Å²) in [4.78, 5) is -0.891. The van der Waals surface area contributed by atoms with Gasteiger partial charge in [-0.05, 0) is 0 Å². The van der Waals surface area contributed by atoms with Crippen molar-refractivity contribution in [1.29, 1.82) is 5.26 Å². The fourth-order valence-corrected chi connectivity index (χ4v) is 1.00. The molecule has 8 heteroatoms. The zero-order chi connectivity index (χ0) is 13.7. The van der Waals surface area contributed by atoms with Crippen LogP contribution in [0.2, 0.25) is 0 Å². The van der Waals surface area contributed by atoms with Gasteiger partial charge < -0.3 is 5.73 Å². The first-order valence-corrected chi connectivity index (χ1v) is 4.32. The Labute approximate surface area is 98.5 Å². The van der Waals surface area contributed by atoms with Crippen molar-refractivity contribution >= 4 is 17.2 Å². The second kappa shape index (κ2) is 6.10. The third kappa shape index (κ3) is 3.10. The van der Waals surface area contributed by atoms with Gasteiger partial charge in [-0.15, -0.1) is 0 Å². The topological polar surface area (TPSA) is 49.8 Å². The Morgan fingerprint density at radius 1 is 1.00 bits per heavy atom. The van der Waals surface area contributed by atoms with Crippen LogP contribution < -0.4 is 5.73 Å². The second-order valence-electron chi connectivity index (χ2n) is 2.53. The van der Waals surface area contributed by atoms with Crippen LogP contribution in [0.5, 0.6) is 0 Å².